The number of carboxylic acid groups (broad SMARTS) is 1. The zero-order valence-electron chi connectivity index (χ0n) is 8.18. The number of hydrogen-bond donors (Lipinski definition) is 1. The lowest BCUT2D eigenvalue weighted by atomic mass is 10.3. The van der Waals surface area contributed by atoms with E-state index in [4.69, 9.17) is 33.0 Å². The molecule has 0 fully saturated rings. The van der Waals surface area contributed by atoms with Crippen LogP contribution in [0.25, 0.3) is 0 Å². The molecule has 0 saturated heterocycles. The molecule has 1 aromatic carbocycles. The summed E-state index contributed by atoms with van der Waals surface area (Å²) in [5.41, 5.74) is 0. The van der Waals surface area contributed by atoms with Crippen molar-refractivity contribution in [1.82, 2.24) is 4.98 Å². The van der Waals surface area contributed by atoms with E-state index in [1.54, 1.807) is 24.3 Å². The van der Waals surface area contributed by atoms with Crippen molar-refractivity contribution in [3.05, 3.63) is 39.3 Å². The van der Waals surface area contributed by atoms with Crippen molar-refractivity contribution in [3.8, 4) is 10.9 Å². The normalized spacial score (nSPS) is 10.2. The van der Waals surface area contributed by atoms with Crippen LogP contribution in [0.2, 0.25) is 10.2 Å². The van der Waals surface area contributed by atoms with Crippen LogP contribution in [-0.2, 0) is 0 Å². The molecular weight excluding hydrogens is 285 g/mol. The summed E-state index contributed by atoms with van der Waals surface area (Å²) in [5, 5.41) is 9.26. The Hall–Kier alpha value is -1.30. The maximum Gasteiger partial charge on any atom is 0.349 e. The monoisotopic (exact) mass is 289 g/mol. The summed E-state index contributed by atoms with van der Waals surface area (Å²) in [5.74, 6) is -0.738. The first-order valence-corrected chi connectivity index (χ1v) is 5.97. The number of rotatable bonds is 3. The Bertz CT molecular complexity index is 570. The van der Waals surface area contributed by atoms with E-state index in [0.29, 0.717) is 10.8 Å². The smallest absolute Gasteiger partial charge is 0.349 e. The fourth-order valence-electron chi connectivity index (χ4n) is 1.08. The quantitative estimate of drug-likeness (QED) is 0.930. The van der Waals surface area contributed by atoms with Crippen molar-refractivity contribution in [3.63, 3.8) is 0 Å². The van der Waals surface area contributed by atoms with Crippen LogP contribution in [0.15, 0.2) is 24.3 Å². The van der Waals surface area contributed by atoms with Crippen LogP contribution in [0, 0.1) is 0 Å². The minimum Gasteiger partial charge on any atom is -0.477 e. The molecule has 0 saturated carbocycles. The van der Waals surface area contributed by atoms with Gasteiger partial charge in [0.05, 0.1) is 5.02 Å². The summed E-state index contributed by atoms with van der Waals surface area (Å²) in [6.07, 6.45) is 0. The van der Waals surface area contributed by atoms with Gasteiger partial charge in [-0.25, -0.2) is 4.79 Å². The van der Waals surface area contributed by atoms with Crippen LogP contribution < -0.4 is 4.74 Å². The highest BCUT2D eigenvalue weighted by atomic mass is 35.5. The molecule has 0 spiro atoms. The maximum absolute atomic E-state index is 10.8. The van der Waals surface area contributed by atoms with Crippen molar-refractivity contribution < 1.29 is 14.6 Å². The van der Waals surface area contributed by atoms with Gasteiger partial charge in [-0.2, -0.15) is 4.98 Å². The van der Waals surface area contributed by atoms with Gasteiger partial charge in [0.25, 0.3) is 5.19 Å². The van der Waals surface area contributed by atoms with Crippen molar-refractivity contribution in [1.29, 1.82) is 0 Å². The second-order valence-electron chi connectivity index (χ2n) is 2.94. The van der Waals surface area contributed by atoms with E-state index in [1.807, 2.05) is 0 Å². The lowest BCUT2D eigenvalue weighted by Gasteiger charge is -2.02. The Kier molecular flexibility index (Phi) is 3.51. The van der Waals surface area contributed by atoms with Crippen LogP contribution >= 0.6 is 34.5 Å². The van der Waals surface area contributed by atoms with Crippen LogP contribution in [-0.4, -0.2) is 16.1 Å². The SMILES string of the molecule is O=C(O)c1sc(Oc2ccccc2Cl)nc1Cl. The van der Waals surface area contributed by atoms with Gasteiger partial charge in [-0.3, -0.25) is 0 Å². The molecule has 0 aliphatic carbocycles. The predicted molar refractivity (Wildman–Crippen MR) is 65.6 cm³/mol. The minimum absolute atomic E-state index is 0.0614. The largest absolute Gasteiger partial charge is 0.477 e. The molecule has 1 aromatic heterocycles. The number of thiazole rings is 1. The molecule has 0 bridgehead atoms. The Morgan fingerprint density at radius 3 is 2.65 bits per heavy atom. The third-order valence-electron chi connectivity index (χ3n) is 1.79. The molecule has 17 heavy (non-hydrogen) atoms. The molecule has 1 N–H and O–H groups in total. The summed E-state index contributed by atoms with van der Waals surface area (Å²) in [7, 11) is 0. The van der Waals surface area contributed by atoms with Crippen LogP contribution in [0.5, 0.6) is 10.9 Å². The van der Waals surface area contributed by atoms with Crippen molar-refractivity contribution in [2.24, 2.45) is 0 Å². The van der Waals surface area contributed by atoms with E-state index in [0.717, 1.165) is 11.3 Å². The number of benzene rings is 1. The third-order valence-corrected chi connectivity index (χ3v) is 3.41. The van der Waals surface area contributed by atoms with Gasteiger partial charge < -0.3 is 9.84 Å². The van der Waals surface area contributed by atoms with Gasteiger partial charge in [-0.05, 0) is 12.1 Å². The molecule has 0 unspecified atom stereocenters. The van der Waals surface area contributed by atoms with Gasteiger partial charge in [0.15, 0.2) is 10.0 Å². The van der Waals surface area contributed by atoms with Gasteiger partial charge in [0.1, 0.15) is 5.75 Å². The summed E-state index contributed by atoms with van der Waals surface area (Å²) >= 11 is 12.4. The highest BCUT2D eigenvalue weighted by molar-refractivity contribution is 7.15. The molecule has 0 amide bonds. The highest BCUT2D eigenvalue weighted by Crippen LogP contribution is 2.34. The van der Waals surface area contributed by atoms with Gasteiger partial charge in [-0.15, -0.1) is 0 Å². The molecule has 0 radical (unpaired) electrons. The number of para-hydroxylation sites is 1. The molecule has 1 heterocycles. The minimum atomic E-state index is -1.14. The van der Waals surface area contributed by atoms with E-state index in [2.05, 4.69) is 4.98 Å². The summed E-state index contributed by atoms with van der Waals surface area (Å²) in [4.78, 5) is 14.5. The molecule has 0 aliphatic heterocycles. The zero-order valence-corrected chi connectivity index (χ0v) is 10.5. The molecule has 88 valence electrons. The molecular formula is C10H5Cl2NO3S. The second kappa shape index (κ2) is 4.91. The van der Waals surface area contributed by atoms with Crippen LogP contribution in [0.1, 0.15) is 9.67 Å². The van der Waals surface area contributed by atoms with Crippen LogP contribution in [0.4, 0.5) is 0 Å². The molecule has 0 aliphatic rings. The predicted octanol–water partition coefficient (Wildman–Crippen LogP) is 3.94. The number of halogens is 2. The van der Waals surface area contributed by atoms with Gasteiger partial charge in [0.2, 0.25) is 0 Å². The van der Waals surface area contributed by atoms with Crippen molar-refractivity contribution in [2.75, 3.05) is 0 Å². The molecule has 2 rings (SSSR count). The number of carboxylic acids is 1. The number of nitrogens with zero attached hydrogens (tertiary/aromatic N) is 1. The topological polar surface area (TPSA) is 59.4 Å². The highest BCUT2D eigenvalue weighted by Gasteiger charge is 2.17. The molecule has 2 aromatic rings. The number of aromatic carboxylic acids is 1. The number of carbonyl (C=O) groups is 1. The van der Waals surface area contributed by atoms with Gasteiger partial charge in [0, 0.05) is 0 Å². The lowest BCUT2D eigenvalue weighted by Crippen LogP contribution is -1.91. The van der Waals surface area contributed by atoms with E-state index < -0.39 is 5.97 Å². The van der Waals surface area contributed by atoms with Crippen molar-refractivity contribution in [2.45, 2.75) is 0 Å². The Labute approximate surface area is 110 Å². The van der Waals surface area contributed by atoms with E-state index in [-0.39, 0.29) is 15.2 Å². The number of ether oxygens (including phenoxy) is 1. The summed E-state index contributed by atoms with van der Waals surface area (Å²) in [6.45, 7) is 0. The average molecular weight is 290 g/mol. The molecule has 7 heteroatoms. The van der Waals surface area contributed by atoms with Crippen LogP contribution in [0.3, 0.4) is 0 Å². The van der Waals surface area contributed by atoms with Crippen molar-refractivity contribution >= 4 is 40.5 Å². The summed E-state index contributed by atoms with van der Waals surface area (Å²) < 4.78 is 5.35. The number of hydrogen-bond acceptors (Lipinski definition) is 4. The van der Waals surface area contributed by atoms with E-state index >= 15 is 0 Å². The summed E-state index contributed by atoms with van der Waals surface area (Å²) in [6, 6.07) is 6.81. The number of aromatic nitrogens is 1. The Balaban J connectivity index is 2.28. The maximum atomic E-state index is 10.8. The molecule has 0 atom stereocenters. The van der Waals surface area contributed by atoms with Gasteiger partial charge >= 0.3 is 5.97 Å². The van der Waals surface area contributed by atoms with Gasteiger partial charge in [-0.1, -0.05) is 46.7 Å². The lowest BCUT2D eigenvalue weighted by molar-refractivity contribution is 0.0702. The Morgan fingerprint density at radius 2 is 2.06 bits per heavy atom. The molecule has 4 nitrogen and oxygen atoms in total. The third kappa shape index (κ3) is 2.69. The average Bonchev–Trinajstić information content (AvgIpc) is 2.63. The standard InChI is InChI=1S/C10H5Cl2NO3S/c11-5-3-1-2-4-6(5)16-10-13-8(12)7(17-10)9(14)15/h1-4H,(H,14,15). The first kappa shape index (κ1) is 12.2. The Morgan fingerprint density at radius 1 is 1.35 bits per heavy atom. The second-order valence-corrected chi connectivity index (χ2v) is 4.66. The zero-order chi connectivity index (χ0) is 12.4. The first-order chi connectivity index (χ1) is 8.08. The van der Waals surface area contributed by atoms with E-state index in [9.17, 15) is 4.79 Å². The fourth-order valence-corrected chi connectivity index (χ4v) is 2.24. The fraction of sp³-hybridized carbons (Fsp3) is 0. The first-order valence-electron chi connectivity index (χ1n) is 4.40. The van der Waals surface area contributed by atoms with E-state index in [1.165, 1.54) is 0 Å².